The third-order valence-corrected chi connectivity index (χ3v) is 2.88. The summed E-state index contributed by atoms with van der Waals surface area (Å²) >= 11 is 5.72. The van der Waals surface area contributed by atoms with Gasteiger partial charge in [0, 0.05) is 19.3 Å². The van der Waals surface area contributed by atoms with E-state index in [0.717, 1.165) is 32.6 Å². The fraction of sp³-hybridized carbons (Fsp3) is 0.545. The predicted octanol–water partition coefficient (Wildman–Crippen LogP) is 0.364. The molecule has 0 radical (unpaired) electrons. The first kappa shape index (κ1) is 13.2. The molecule has 1 saturated heterocycles. The van der Waals surface area contributed by atoms with Gasteiger partial charge in [0.2, 0.25) is 11.9 Å². The number of hydrogen-bond acceptors (Lipinski definition) is 5. The maximum atomic E-state index is 11.8. The Morgan fingerprint density at radius 2 is 2.39 bits per heavy atom. The van der Waals surface area contributed by atoms with Crippen LogP contribution in [0.5, 0.6) is 0 Å². The van der Waals surface area contributed by atoms with Gasteiger partial charge in [0.25, 0.3) is 0 Å². The van der Waals surface area contributed by atoms with Crippen molar-refractivity contribution in [3.8, 4) is 0 Å². The van der Waals surface area contributed by atoms with Crippen LogP contribution in [0.1, 0.15) is 6.42 Å². The Bertz CT molecular complexity index is 406. The van der Waals surface area contributed by atoms with E-state index < -0.39 is 0 Å². The molecule has 0 spiro atoms. The second-order valence-electron chi connectivity index (χ2n) is 4.13. The van der Waals surface area contributed by atoms with E-state index in [2.05, 4.69) is 25.5 Å². The summed E-state index contributed by atoms with van der Waals surface area (Å²) in [6.07, 6.45) is 2.57. The standard InChI is InChI=1S/C11H16ClN5O/c12-9-2-4-14-11(15-9)16-10(18)8-17-6-1-3-13-5-7-17/h2,4,13H,1,3,5-8H2,(H,14,15,16,18). The second kappa shape index (κ2) is 6.63. The Balaban J connectivity index is 1.84. The average molecular weight is 270 g/mol. The van der Waals surface area contributed by atoms with Crippen LogP contribution in [0.4, 0.5) is 5.95 Å². The molecular weight excluding hydrogens is 254 g/mol. The maximum absolute atomic E-state index is 11.8. The minimum atomic E-state index is -0.112. The zero-order chi connectivity index (χ0) is 12.8. The topological polar surface area (TPSA) is 70.2 Å². The van der Waals surface area contributed by atoms with E-state index in [1.807, 2.05) is 0 Å². The van der Waals surface area contributed by atoms with Crippen molar-refractivity contribution in [2.45, 2.75) is 6.42 Å². The summed E-state index contributed by atoms with van der Waals surface area (Å²) in [4.78, 5) is 21.8. The van der Waals surface area contributed by atoms with Crippen LogP contribution in [-0.4, -0.2) is 53.5 Å². The summed E-state index contributed by atoms with van der Waals surface area (Å²) in [5.74, 6) is 0.139. The van der Waals surface area contributed by atoms with E-state index >= 15 is 0 Å². The number of amides is 1. The van der Waals surface area contributed by atoms with Crippen LogP contribution in [0.3, 0.4) is 0 Å². The Labute approximate surface area is 111 Å². The average Bonchev–Trinajstić information content (AvgIpc) is 2.57. The first-order chi connectivity index (χ1) is 8.74. The quantitative estimate of drug-likeness (QED) is 0.776. The lowest BCUT2D eigenvalue weighted by Crippen LogP contribution is -2.35. The van der Waals surface area contributed by atoms with Gasteiger partial charge in [-0.15, -0.1) is 0 Å². The minimum absolute atomic E-state index is 0.112. The summed E-state index contributed by atoms with van der Waals surface area (Å²) in [5, 5.41) is 6.25. The third-order valence-electron chi connectivity index (χ3n) is 2.67. The molecule has 0 unspecified atom stereocenters. The van der Waals surface area contributed by atoms with Gasteiger partial charge in [-0.25, -0.2) is 9.97 Å². The normalized spacial score (nSPS) is 17.2. The number of nitrogens with one attached hydrogen (secondary N) is 2. The number of hydrogen-bond donors (Lipinski definition) is 2. The molecule has 1 aromatic rings. The summed E-state index contributed by atoms with van der Waals surface area (Å²) in [6.45, 7) is 4.09. The SMILES string of the molecule is O=C(CN1CCCNCC1)Nc1nccc(Cl)n1. The second-order valence-corrected chi connectivity index (χ2v) is 4.52. The van der Waals surface area contributed by atoms with E-state index in [1.54, 1.807) is 6.07 Å². The minimum Gasteiger partial charge on any atom is -0.315 e. The molecule has 0 aromatic carbocycles. The van der Waals surface area contributed by atoms with Crippen molar-refractivity contribution in [1.29, 1.82) is 0 Å². The molecule has 1 aliphatic heterocycles. The highest BCUT2D eigenvalue weighted by Crippen LogP contribution is 2.05. The van der Waals surface area contributed by atoms with Crippen LogP contribution >= 0.6 is 11.6 Å². The Hall–Kier alpha value is -1.24. The highest BCUT2D eigenvalue weighted by Gasteiger charge is 2.13. The molecule has 0 saturated carbocycles. The van der Waals surface area contributed by atoms with Crippen molar-refractivity contribution in [2.24, 2.45) is 0 Å². The number of aromatic nitrogens is 2. The molecule has 18 heavy (non-hydrogen) atoms. The van der Waals surface area contributed by atoms with Gasteiger partial charge >= 0.3 is 0 Å². The number of carbonyl (C=O) groups excluding carboxylic acids is 1. The van der Waals surface area contributed by atoms with Crippen molar-refractivity contribution >= 4 is 23.5 Å². The van der Waals surface area contributed by atoms with E-state index in [1.165, 1.54) is 6.20 Å². The number of rotatable bonds is 3. The predicted molar refractivity (Wildman–Crippen MR) is 69.6 cm³/mol. The molecule has 1 aromatic heterocycles. The summed E-state index contributed by atoms with van der Waals surface area (Å²) in [6, 6.07) is 1.57. The summed E-state index contributed by atoms with van der Waals surface area (Å²) < 4.78 is 0. The third kappa shape index (κ3) is 4.21. The van der Waals surface area contributed by atoms with Crippen LogP contribution in [-0.2, 0) is 4.79 Å². The molecular formula is C11H16ClN5O. The molecule has 7 heteroatoms. The fourth-order valence-electron chi connectivity index (χ4n) is 1.82. The van der Waals surface area contributed by atoms with Gasteiger partial charge in [-0.3, -0.25) is 15.0 Å². The van der Waals surface area contributed by atoms with Gasteiger partial charge < -0.3 is 5.32 Å². The molecule has 6 nitrogen and oxygen atoms in total. The highest BCUT2D eigenvalue weighted by molar-refractivity contribution is 6.29. The largest absolute Gasteiger partial charge is 0.315 e. The summed E-state index contributed by atoms with van der Waals surface area (Å²) in [5.41, 5.74) is 0. The lowest BCUT2D eigenvalue weighted by molar-refractivity contribution is -0.117. The van der Waals surface area contributed by atoms with Crippen molar-refractivity contribution in [3.05, 3.63) is 17.4 Å². The lowest BCUT2D eigenvalue weighted by atomic mass is 10.4. The van der Waals surface area contributed by atoms with Crippen LogP contribution < -0.4 is 10.6 Å². The zero-order valence-electron chi connectivity index (χ0n) is 10.0. The van der Waals surface area contributed by atoms with E-state index in [0.29, 0.717) is 11.7 Å². The monoisotopic (exact) mass is 269 g/mol. The van der Waals surface area contributed by atoms with Crippen LogP contribution in [0, 0.1) is 0 Å². The first-order valence-electron chi connectivity index (χ1n) is 5.95. The lowest BCUT2D eigenvalue weighted by Gasteiger charge is -2.18. The maximum Gasteiger partial charge on any atom is 0.240 e. The van der Waals surface area contributed by atoms with Gasteiger partial charge in [0.1, 0.15) is 5.15 Å². The van der Waals surface area contributed by atoms with E-state index in [-0.39, 0.29) is 11.9 Å². The summed E-state index contributed by atoms with van der Waals surface area (Å²) in [7, 11) is 0. The molecule has 1 fully saturated rings. The van der Waals surface area contributed by atoms with Crippen molar-refractivity contribution in [2.75, 3.05) is 38.0 Å². The van der Waals surface area contributed by atoms with Gasteiger partial charge in [-0.1, -0.05) is 11.6 Å². The van der Waals surface area contributed by atoms with Gasteiger partial charge in [-0.05, 0) is 25.6 Å². The molecule has 2 rings (SSSR count). The molecule has 2 heterocycles. The van der Waals surface area contributed by atoms with Gasteiger partial charge in [0.15, 0.2) is 0 Å². The molecule has 0 aliphatic carbocycles. The Kier molecular flexibility index (Phi) is 4.86. The molecule has 98 valence electrons. The van der Waals surface area contributed by atoms with Crippen LogP contribution in [0.15, 0.2) is 12.3 Å². The van der Waals surface area contributed by atoms with Gasteiger partial charge in [0.05, 0.1) is 6.54 Å². The Morgan fingerprint density at radius 3 is 3.22 bits per heavy atom. The fourth-order valence-corrected chi connectivity index (χ4v) is 1.96. The van der Waals surface area contributed by atoms with Crippen LogP contribution in [0.25, 0.3) is 0 Å². The van der Waals surface area contributed by atoms with Crippen molar-refractivity contribution < 1.29 is 4.79 Å². The molecule has 2 N–H and O–H groups in total. The number of halogens is 1. The first-order valence-corrected chi connectivity index (χ1v) is 6.33. The number of nitrogens with zero attached hydrogens (tertiary/aromatic N) is 3. The number of carbonyl (C=O) groups is 1. The smallest absolute Gasteiger partial charge is 0.240 e. The molecule has 1 aliphatic rings. The number of anilines is 1. The van der Waals surface area contributed by atoms with Gasteiger partial charge in [-0.2, -0.15) is 0 Å². The molecule has 1 amide bonds. The zero-order valence-corrected chi connectivity index (χ0v) is 10.8. The van der Waals surface area contributed by atoms with E-state index in [9.17, 15) is 4.79 Å². The molecule has 0 atom stereocenters. The van der Waals surface area contributed by atoms with Crippen LogP contribution in [0.2, 0.25) is 5.15 Å². The van der Waals surface area contributed by atoms with Crippen molar-refractivity contribution in [1.82, 2.24) is 20.2 Å². The van der Waals surface area contributed by atoms with Crippen molar-refractivity contribution in [3.63, 3.8) is 0 Å². The van der Waals surface area contributed by atoms with E-state index in [4.69, 9.17) is 11.6 Å². The Morgan fingerprint density at radius 1 is 1.50 bits per heavy atom. The molecule has 0 bridgehead atoms. The highest BCUT2D eigenvalue weighted by atomic mass is 35.5.